The molecule has 0 atom stereocenters. The smallest absolute Gasteiger partial charge is 0.229 e. The van der Waals surface area contributed by atoms with Crippen molar-refractivity contribution in [3.63, 3.8) is 0 Å². The first kappa shape index (κ1) is 20.2. The van der Waals surface area contributed by atoms with E-state index in [0.717, 1.165) is 30.9 Å². The van der Waals surface area contributed by atoms with Crippen molar-refractivity contribution in [2.75, 3.05) is 18.0 Å². The molecule has 0 saturated carbocycles. The second-order valence-corrected chi connectivity index (χ2v) is 6.55. The number of nitrogens with zero attached hydrogens (tertiary/aromatic N) is 5. The monoisotopic (exact) mass is 431 g/mol. The van der Waals surface area contributed by atoms with Gasteiger partial charge in [0.15, 0.2) is 18.9 Å². The molecule has 0 saturated heterocycles. The Morgan fingerprint density at radius 2 is 1.96 bits per heavy atom. The van der Waals surface area contributed by atoms with E-state index in [2.05, 4.69) is 75.2 Å². The van der Waals surface area contributed by atoms with Crippen LogP contribution in [-0.4, -0.2) is 18.1 Å². The lowest BCUT2D eigenvalue weighted by Crippen LogP contribution is -3.00. The molecule has 0 aliphatic heterocycles. The Balaban J connectivity index is 0.00000243. The average molecular weight is 432 g/mol. The lowest BCUT2D eigenvalue weighted by Gasteiger charge is -2.22. The van der Waals surface area contributed by atoms with Gasteiger partial charge in [0.05, 0.1) is 12.2 Å². The van der Waals surface area contributed by atoms with Gasteiger partial charge in [0.25, 0.3) is 0 Å². The number of anilines is 1. The topological polar surface area (TPSA) is 44.7 Å². The molecular weight excluding hydrogens is 410 g/mol. The lowest BCUT2D eigenvalue weighted by molar-refractivity contribution is -0.694. The molecule has 2 aromatic heterocycles. The maximum Gasteiger partial charge on any atom is 0.229 e. The van der Waals surface area contributed by atoms with Crippen LogP contribution in [0.15, 0.2) is 70.6 Å². The molecular formula is C19H22BrN5S. The summed E-state index contributed by atoms with van der Waals surface area (Å²) in [6.45, 7) is 7.14. The first-order valence-corrected chi connectivity index (χ1v) is 9.25. The van der Waals surface area contributed by atoms with Crippen molar-refractivity contribution in [1.29, 1.82) is 0 Å². The Labute approximate surface area is 168 Å². The van der Waals surface area contributed by atoms with E-state index in [1.807, 2.05) is 17.5 Å². The fourth-order valence-electron chi connectivity index (χ4n) is 2.60. The van der Waals surface area contributed by atoms with Crippen LogP contribution in [0.25, 0.3) is 0 Å². The van der Waals surface area contributed by atoms with Gasteiger partial charge in [-0.1, -0.05) is 6.07 Å². The maximum atomic E-state index is 4.32. The second kappa shape index (κ2) is 10.1. The Bertz CT molecular complexity index is 821. The number of aryl methyl sites for hydroxylation is 1. The minimum absolute atomic E-state index is 0. The van der Waals surface area contributed by atoms with E-state index >= 15 is 0 Å². The minimum atomic E-state index is 0. The molecule has 26 heavy (non-hydrogen) atoms. The largest absolute Gasteiger partial charge is 1.00 e. The predicted octanol–water partition coefficient (Wildman–Crippen LogP) is 1.68. The van der Waals surface area contributed by atoms with Crippen LogP contribution in [0.1, 0.15) is 12.5 Å². The van der Waals surface area contributed by atoms with Crippen LogP contribution in [0, 0.1) is 6.92 Å². The number of hydrogen-bond donors (Lipinski definition) is 0. The molecule has 7 heteroatoms. The molecule has 5 nitrogen and oxygen atoms in total. The minimum Gasteiger partial charge on any atom is -1.00 e. The van der Waals surface area contributed by atoms with Crippen LogP contribution in [0.5, 0.6) is 0 Å². The molecule has 0 unspecified atom stereocenters. The Morgan fingerprint density at radius 3 is 2.62 bits per heavy atom. The molecule has 0 N–H and O–H groups in total. The third kappa shape index (κ3) is 5.44. The van der Waals surface area contributed by atoms with E-state index < -0.39 is 0 Å². The van der Waals surface area contributed by atoms with Crippen LogP contribution < -0.4 is 26.4 Å². The quantitative estimate of drug-likeness (QED) is 0.421. The maximum absolute atomic E-state index is 4.32. The fraction of sp³-hybridized carbons (Fsp3) is 0.263. The summed E-state index contributed by atoms with van der Waals surface area (Å²) in [5, 5.41) is 11.1. The van der Waals surface area contributed by atoms with Crippen molar-refractivity contribution in [2.45, 2.75) is 20.4 Å². The van der Waals surface area contributed by atoms with Crippen LogP contribution in [0.3, 0.4) is 0 Å². The van der Waals surface area contributed by atoms with Crippen molar-refractivity contribution in [1.82, 2.24) is 4.98 Å². The normalized spacial score (nSPS) is 10.7. The summed E-state index contributed by atoms with van der Waals surface area (Å²) in [7, 11) is 0. The fourth-order valence-corrected chi connectivity index (χ4v) is 3.05. The Hall–Kier alpha value is -2.12. The number of azo groups is 1. The van der Waals surface area contributed by atoms with Gasteiger partial charge in [0.2, 0.25) is 5.13 Å². The zero-order chi connectivity index (χ0) is 17.5. The summed E-state index contributed by atoms with van der Waals surface area (Å²) in [5.41, 5.74) is 3.21. The first-order valence-electron chi connectivity index (χ1n) is 8.37. The van der Waals surface area contributed by atoms with E-state index in [1.54, 1.807) is 6.20 Å². The predicted molar refractivity (Wildman–Crippen MR) is 102 cm³/mol. The summed E-state index contributed by atoms with van der Waals surface area (Å²) in [6.07, 6.45) is 5.93. The van der Waals surface area contributed by atoms with Crippen LogP contribution in [0.4, 0.5) is 16.5 Å². The van der Waals surface area contributed by atoms with E-state index in [9.17, 15) is 0 Å². The van der Waals surface area contributed by atoms with Gasteiger partial charge in [-0.05, 0) is 37.6 Å². The third-order valence-electron chi connectivity index (χ3n) is 4.00. The van der Waals surface area contributed by atoms with Crippen molar-refractivity contribution in [2.24, 2.45) is 10.2 Å². The zero-order valence-corrected chi connectivity index (χ0v) is 17.3. The summed E-state index contributed by atoms with van der Waals surface area (Å²) >= 11 is 1.48. The molecule has 2 heterocycles. The standard InChI is InChI=1S/C19H22N5S.BrH/c1-3-24(13-12-23-10-5-4-6-11-23)17-7-8-18(16(2)15-17)21-22-19-20-9-14-25-19;/h4-11,14-15H,3,12-13H2,1-2H3;1H/q+1;/p-1. The number of pyridine rings is 1. The summed E-state index contributed by atoms with van der Waals surface area (Å²) < 4.78 is 2.20. The van der Waals surface area contributed by atoms with E-state index in [-0.39, 0.29) is 17.0 Å². The van der Waals surface area contributed by atoms with Gasteiger partial charge < -0.3 is 21.9 Å². The molecule has 0 radical (unpaired) electrons. The highest BCUT2D eigenvalue weighted by atomic mass is 79.9. The summed E-state index contributed by atoms with van der Waals surface area (Å²) in [5.74, 6) is 0. The number of likely N-dealkylation sites (N-methyl/N-ethyl adjacent to an activating group) is 1. The van der Waals surface area contributed by atoms with E-state index in [0.29, 0.717) is 5.13 Å². The van der Waals surface area contributed by atoms with Gasteiger partial charge in [-0.2, -0.15) is 0 Å². The SMILES string of the molecule is CCN(CC[n+]1ccccc1)c1ccc(N=Nc2nccs2)c(C)c1.[Br-]. The number of aromatic nitrogens is 2. The van der Waals surface area contributed by atoms with Gasteiger partial charge >= 0.3 is 0 Å². The molecule has 136 valence electrons. The Kier molecular flexibility index (Phi) is 7.87. The third-order valence-corrected chi connectivity index (χ3v) is 4.65. The number of halogens is 1. The van der Waals surface area contributed by atoms with Gasteiger partial charge in [-0.25, -0.2) is 9.55 Å². The molecule has 0 fully saturated rings. The van der Waals surface area contributed by atoms with Crippen LogP contribution >= 0.6 is 11.3 Å². The molecule has 0 bridgehead atoms. The Morgan fingerprint density at radius 1 is 1.15 bits per heavy atom. The molecule has 0 amide bonds. The number of thiazole rings is 1. The molecule has 0 aliphatic carbocycles. The van der Waals surface area contributed by atoms with Gasteiger partial charge in [0, 0.05) is 35.9 Å². The summed E-state index contributed by atoms with van der Waals surface area (Å²) in [6, 6.07) is 12.5. The molecule has 3 aromatic rings. The average Bonchev–Trinajstić information content (AvgIpc) is 3.16. The van der Waals surface area contributed by atoms with Crippen molar-refractivity contribution < 1.29 is 21.5 Å². The molecule has 1 aromatic carbocycles. The van der Waals surface area contributed by atoms with Gasteiger partial charge in [0.1, 0.15) is 0 Å². The van der Waals surface area contributed by atoms with Gasteiger partial charge in [-0.15, -0.1) is 21.6 Å². The first-order chi connectivity index (χ1) is 12.3. The van der Waals surface area contributed by atoms with Crippen molar-refractivity contribution >= 4 is 27.8 Å². The van der Waals surface area contributed by atoms with E-state index in [1.165, 1.54) is 17.0 Å². The highest BCUT2D eigenvalue weighted by Crippen LogP contribution is 2.27. The van der Waals surface area contributed by atoms with Crippen molar-refractivity contribution in [3.05, 3.63) is 65.9 Å². The van der Waals surface area contributed by atoms with Crippen LogP contribution in [0.2, 0.25) is 0 Å². The van der Waals surface area contributed by atoms with Crippen molar-refractivity contribution in [3.8, 4) is 0 Å². The summed E-state index contributed by atoms with van der Waals surface area (Å²) in [4.78, 5) is 6.49. The lowest BCUT2D eigenvalue weighted by atomic mass is 10.1. The molecule has 0 aliphatic rings. The molecule has 0 spiro atoms. The number of hydrogen-bond acceptors (Lipinski definition) is 5. The molecule has 3 rings (SSSR count). The zero-order valence-electron chi connectivity index (χ0n) is 14.9. The van der Waals surface area contributed by atoms with Gasteiger partial charge in [-0.3, -0.25) is 0 Å². The second-order valence-electron chi connectivity index (χ2n) is 5.68. The van der Waals surface area contributed by atoms with E-state index in [4.69, 9.17) is 0 Å². The number of benzene rings is 1. The van der Waals surface area contributed by atoms with Crippen LogP contribution in [-0.2, 0) is 6.54 Å². The highest BCUT2D eigenvalue weighted by molar-refractivity contribution is 7.13. The highest BCUT2D eigenvalue weighted by Gasteiger charge is 2.09. The number of rotatable bonds is 7.